The van der Waals surface area contributed by atoms with Gasteiger partial charge in [0, 0.05) is 54.8 Å². The first-order chi connectivity index (χ1) is 17.4. The van der Waals surface area contributed by atoms with Crippen LogP contribution in [0.1, 0.15) is 19.8 Å². The van der Waals surface area contributed by atoms with Crippen LogP contribution in [0.3, 0.4) is 0 Å². The van der Waals surface area contributed by atoms with E-state index < -0.39 is 10.0 Å². The first kappa shape index (κ1) is 25.1. The molecule has 2 fully saturated rings. The van der Waals surface area contributed by atoms with E-state index in [9.17, 15) is 13.2 Å². The first-order valence-corrected chi connectivity index (χ1v) is 14.5. The second-order valence-corrected chi connectivity index (χ2v) is 12.0. The normalized spacial score (nSPS) is 18.4. The monoisotopic (exact) mass is 571 g/mol. The summed E-state index contributed by atoms with van der Waals surface area (Å²) in [5, 5.41) is 5.72. The Labute approximate surface area is 220 Å². The van der Waals surface area contributed by atoms with Crippen LogP contribution < -0.4 is 4.90 Å². The molecule has 2 aromatic carbocycles. The number of piperidine rings is 1. The van der Waals surface area contributed by atoms with Gasteiger partial charge in [0.2, 0.25) is 10.0 Å². The lowest BCUT2D eigenvalue weighted by Gasteiger charge is -2.46. The van der Waals surface area contributed by atoms with Crippen molar-refractivity contribution >= 4 is 48.3 Å². The third kappa shape index (κ3) is 5.00. The van der Waals surface area contributed by atoms with Crippen LogP contribution in [-0.2, 0) is 14.8 Å². The Balaban J connectivity index is 1.25. The second-order valence-electron chi connectivity index (χ2n) is 9.19. The average molecular weight is 573 g/mol. The maximum atomic E-state index is 13.4. The van der Waals surface area contributed by atoms with Gasteiger partial charge in [-0.3, -0.25) is 14.8 Å². The SMILES string of the molecule is CCN(C1CCN(c2ccncc2)CC1)N1CCN(S(=O)(=O)c2ccc3cc(Br)ccc3c2)CC1=O. The predicted octanol–water partition coefficient (Wildman–Crippen LogP) is 3.74. The Kier molecular flexibility index (Phi) is 7.30. The summed E-state index contributed by atoms with van der Waals surface area (Å²) in [5.41, 5.74) is 1.17. The van der Waals surface area contributed by atoms with Gasteiger partial charge in [-0.25, -0.2) is 13.4 Å². The number of hydrogen-bond donors (Lipinski definition) is 0. The fourth-order valence-corrected chi connectivity index (χ4v) is 7.02. The number of piperazine rings is 1. The quantitative estimate of drug-likeness (QED) is 0.448. The molecule has 0 radical (unpaired) electrons. The van der Waals surface area contributed by atoms with Crippen molar-refractivity contribution in [2.24, 2.45) is 0 Å². The number of fused-ring (bicyclic) bond motifs is 1. The summed E-state index contributed by atoms with van der Waals surface area (Å²) in [6, 6.07) is 15.1. The van der Waals surface area contributed by atoms with E-state index in [2.05, 4.69) is 37.7 Å². The number of aromatic nitrogens is 1. The Bertz CT molecular complexity index is 1350. The molecule has 0 unspecified atom stereocenters. The summed E-state index contributed by atoms with van der Waals surface area (Å²) < 4.78 is 29.0. The van der Waals surface area contributed by atoms with Crippen molar-refractivity contribution in [3.63, 3.8) is 0 Å². The maximum Gasteiger partial charge on any atom is 0.252 e. The number of nitrogens with zero attached hydrogens (tertiary/aromatic N) is 5. The van der Waals surface area contributed by atoms with Crippen LogP contribution in [0.25, 0.3) is 10.8 Å². The second kappa shape index (κ2) is 10.5. The minimum Gasteiger partial charge on any atom is -0.371 e. The molecule has 8 nitrogen and oxygen atoms in total. The number of carbonyl (C=O) groups is 1. The summed E-state index contributed by atoms with van der Waals surface area (Å²) in [7, 11) is -3.77. The zero-order valence-corrected chi connectivity index (χ0v) is 22.7. The van der Waals surface area contributed by atoms with Crippen LogP contribution in [-0.4, -0.2) is 78.9 Å². The van der Waals surface area contributed by atoms with Crippen molar-refractivity contribution in [2.45, 2.75) is 30.7 Å². The largest absolute Gasteiger partial charge is 0.371 e. The molecule has 2 aliphatic rings. The highest BCUT2D eigenvalue weighted by molar-refractivity contribution is 9.10. The summed E-state index contributed by atoms with van der Waals surface area (Å²) in [5.74, 6) is -0.173. The lowest BCUT2D eigenvalue weighted by Crippen LogP contribution is -2.61. The summed E-state index contributed by atoms with van der Waals surface area (Å²) in [6.45, 7) is 5.07. The Hall–Kier alpha value is -2.53. The lowest BCUT2D eigenvalue weighted by molar-refractivity contribution is -0.159. The van der Waals surface area contributed by atoms with E-state index in [0.29, 0.717) is 13.1 Å². The number of pyridine rings is 1. The third-order valence-electron chi connectivity index (χ3n) is 7.12. The highest BCUT2D eigenvalue weighted by Crippen LogP contribution is 2.27. The molecule has 0 saturated carbocycles. The number of rotatable bonds is 6. The smallest absolute Gasteiger partial charge is 0.252 e. The lowest BCUT2D eigenvalue weighted by atomic mass is 10.0. The van der Waals surface area contributed by atoms with E-state index in [-0.39, 0.29) is 29.9 Å². The molecular formula is C26H30BrN5O3S. The van der Waals surface area contributed by atoms with Gasteiger partial charge in [-0.1, -0.05) is 35.0 Å². The van der Waals surface area contributed by atoms with E-state index >= 15 is 0 Å². The van der Waals surface area contributed by atoms with Gasteiger partial charge in [0.15, 0.2) is 0 Å². The van der Waals surface area contributed by atoms with Gasteiger partial charge in [0.05, 0.1) is 18.0 Å². The number of anilines is 1. The molecule has 0 N–H and O–H groups in total. The molecule has 0 aliphatic carbocycles. The van der Waals surface area contributed by atoms with Gasteiger partial charge < -0.3 is 4.90 Å². The van der Waals surface area contributed by atoms with Crippen molar-refractivity contribution < 1.29 is 13.2 Å². The molecule has 5 rings (SSSR count). The van der Waals surface area contributed by atoms with E-state index in [1.807, 2.05) is 48.8 Å². The number of amides is 1. The van der Waals surface area contributed by atoms with Crippen LogP contribution in [0, 0.1) is 0 Å². The number of halogens is 1. The molecule has 2 aliphatic heterocycles. The van der Waals surface area contributed by atoms with Crippen LogP contribution in [0.15, 0.2) is 70.3 Å². The molecule has 1 amide bonds. The van der Waals surface area contributed by atoms with Gasteiger partial charge in [-0.05, 0) is 60.0 Å². The number of benzene rings is 2. The molecule has 0 atom stereocenters. The first-order valence-electron chi connectivity index (χ1n) is 12.3. The molecule has 1 aromatic heterocycles. The molecule has 190 valence electrons. The summed E-state index contributed by atoms with van der Waals surface area (Å²) in [6.07, 6.45) is 5.50. The van der Waals surface area contributed by atoms with E-state index in [0.717, 1.165) is 41.2 Å². The van der Waals surface area contributed by atoms with Crippen molar-refractivity contribution in [1.29, 1.82) is 0 Å². The molecule has 0 bridgehead atoms. The molecule has 2 saturated heterocycles. The van der Waals surface area contributed by atoms with Crippen molar-refractivity contribution in [3.8, 4) is 0 Å². The Morgan fingerprint density at radius 1 is 0.972 bits per heavy atom. The fourth-order valence-electron chi connectivity index (χ4n) is 5.23. The molecule has 3 aromatic rings. The summed E-state index contributed by atoms with van der Waals surface area (Å²) in [4.78, 5) is 19.9. The molecule has 10 heteroatoms. The molecular weight excluding hydrogens is 542 g/mol. The average Bonchev–Trinajstić information content (AvgIpc) is 2.90. The van der Waals surface area contributed by atoms with Crippen LogP contribution in [0.4, 0.5) is 5.69 Å². The Morgan fingerprint density at radius 3 is 2.36 bits per heavy atom. The molecule has 3 heterocycles. The van der Waals surface area contributed by atoms with Gasteiger partial charge in [-0.2, -0.15) is 4.31 Å². The van der Waals surface area contributed by atoms with Crippen molar-refractivity contribution in [2.75, 3.05) is 44.2 Å². The van der Waals surface area contributed by atoms with Crippen LogP contribution in [0.5, 0.6) is 0 Å². The van der Waals surface area contributed by atoms with Crippen molar-refractivity contribution in [3.05, 3.63) is 65.4 Å². The Morgan fingerprint density at radius 2 is 1.67 bits per heavy atom. The van der Waals surface area contributed by atoms with E-state index in [4.69, 9.17) is 0 Å². The minimum absolute atomic E-state index is 0.146. The standard InChI is InChI=1S/C26H30BrN5O3S/c1-2-31(24-9-13-29(14-10-24)23-7-11-28-12-8-23)32-16-15-30(19-26(32)33)36(34,35)25-6-4-20-17-22(27)5-3-21(20)18-25/h3-8,11-12,17-18,24H,2,9-10,13-16,19H2,1H3. The van der Waals surface area contributed by atoms with E-state index in [1.165, 1.54) is 9.99 Å². The number of carbonyl (C=O) groups excluding carboxylic acids is 1. The number of sulfonamides is 1. The maximum absolute atomic E-state index is 13.4. The predicted molar refractivity (Wildman–Crippen MR) is 144 cm³/mol. The highest BCUT2D eigenvalue weighted by Gasteiger charge is 2.37. The van der Waals surface area contributed by atoms with Gasteiger partial charge in [0.25, 0.3) is 5.91 Å². The van der Waals surface area contributed by atoms with Crippen molar-refractivity contribution in [1.82, 2.24) is 19.3 Å². The zero-order chi connectivity index (χ0) is 25.3. The third-order valence-corrected chi connectivity index (χ3v) is 9.45. The van der Waals surface area contributed by atoms with Gasteiger partial charge >= 0.3 is 0 Å². The van der Waals surface area contributed by atoms with Gasteiger partial charge in [-0.15, -0.1) is 0 Å². The fraction of sp³-hybridized carbons (Fsp3) is 0.385. The minimum atomic E-state index is -3.77. The topological polar surface area (TPSA) is 77.1 Å². The molecule has 36 heavy (non-hydrogen) atoms. The van der Waals surface area contributed by atoms with Gasteiger partial charge in [0.1, 0.15) is 0 Å². The molecule has 0 spiro atoms. The number of hydrogen-bond acceptors (Lipinski definition) is 6. The zero-order valence-electron chi connectivity index (χ0n) is 20.3. The van der Waals surface area contributed by atoms with Crippen LogP contribution in [0.2, 0.25) is 0 Å². The number of hydrazine groups is 1. The van der Waals surface area contributed by atoms with E-state index in [1.54, 1.807) is 17.1 Å². The van der Waals surface area contributed by atoms with Crippen LogP contribution >= 0.6 is 15.9 Å². The summed E-state index contributed by atoms with van der Waals surface area (Å²) >= 11 is 3.45. The highest BCUT2D eigenvalue weighted by atomic mass is 79.9.